The van der Waals surface area contributed by atoms with Crippen LogP contribution in [0.25, 0.3) is 0 Å². The van der Waals surface area contributed by atoms with E-state index in [1.807, 2.05) is 54.6 Å². The van der Waals surface area contributed by atoms with Crippen molar-refractivity contribution < 1.29 is 84.9 Å². The van der Waals surface area contributed by atoms with Crippen molar-refractivity contribution in [3.05, 3.63) is 134 Å². The molecule has 6 atom stereocenters. The second-order valence-electron chi connectivity index (χ2n) is 19.4. The summed E-state index contributed by atoms with van der Waals surface area (Å²) in [5.74, 6) is -0.0972. The Morgan fingerprint density at radius 2 is 1.37 bits per heavy atom. The first kappa shape index (κ1) is 69.8. The van der Waals surface area contributed by atoms with Crippen LogP contribution in [0.5, 0.6) is 5.75 Å². The summed E-state index contributed by atoms with van der Waals surface area (Å²) in [6.45, 7) is 5.50. The zero-order valence-corrected chi connectivity index (χ0v) is 49.8. The zero-order chi connectivity index (χ0) is 61.1. The van der Waals surface area contributed by atoms with Gasteiger partial charge in [0.2, 0.25) is 23.6 Å². The van der Waals surface area contributed by atoms with Crippen LogP contribution in [0.3, 0.4) is 0 Å². The number of aromatic amines is 1. The molecule has 0 aliphatic heterocycles. The first-order valence-electron chi connectivity index (χ1n) is 27.3. The minimum absolute atomic E-state index is 0.0327. The molecule has 1 aromatic heterocycles. The number of methoxy groups -OCH3 is 1. The van der Waals surface area contributed by atoms with Gasteiger partial charge in [0.1, 0.15) is 23.7 Å². The number of allylic oxidation sites excluding steroid dienone is 3. The first-order chi connectivity index (χ1) is 39.4. The highest BCUT2D eigenvalue weighted by atomic mass is 31.3. The van der Waals surface area contributed by atoms with Crippen LogP contribution >= 0.6 is 23.5 Å². The fourth-order valence-corrected chi connectivity index (χ4v) is 11.6. The smallest absolute Gasteiger partial charge is 0.490 e. The number of rotatable bonds is 39. The fraction of sp³-hybridized carbons (Fsp3) is 0.519. The predicted molar refractivity (Wildman–Crippen MR) is 305 cm³/mol. The van der Waals surface area contributed by atoms with E-state index in [1.165, 1.54) is 26.1 Å². The maximum absolute atomic E-state index is 12.9. The van der Waals surface area contributed by atoms with Gasteiger partial charge >= 0.3 is 29.2 Å². The average molecular weight is 1230 g/mol. The number of phosphoric acid groups is 3. The standard InChI is InChI=1S/C54H79N6O20P3/c1-5-6-32-58-51(65)41-22-24-44(25-23-41)54(43-19-11-9-12-20-43,45-26-28-46(75-4)29-27-45)76-36-16-8-7-14-33-55-49(63)30-31-50(64)56-34-15-10-13-21-48(62)57-35-17-18-42-37-60(53(67)59-52(42)66)40(3)78-47(39(2)61)38-77-82(71,72)80-83(73,74)79-81(68,69)70/h9,11-12,17,19-20,22,24,26-29,35,37,39-40,47,61H,5-8,10,13-16,18,21,23,25,30-34,36,38H2,1-4H3,(H,55,63)(H,56,64)(H,57,62)(H,58,65)(H,71,72)(H,73,74)(H,59,66,67)(H2,68,69,70)/b35-17+/t39?,40?,47-,54?/m1/s1. The molecule has 5 unspecified atom stereocenters. The lowest BCUT2D eigenvalue weighted by molar-refractivity contribution is -0.126. The minimum Gasteiger partial charge on any atom is -0.497 e. The highest BCUT2D eigenvalue weighted by molar-refractivity contribution is 7.66. The number of nitrogens with one attached hydrogen (secondary N) is 5. The molecular formula is C54H79N6O20P3. The molecule has 460 valence electrons. The second-order valence-corrected chi connectivity index (χ2v) is 23.9. The number of aromatic nitrogens is 2. The molecule has 0 bridgehead atoms. The van der Waals surface area contributed by atoms with Crippen molar-refractivity contribution in [2.75, 3.05) is 40.0 Å². The number of hydrogen-bond donors (Lipinski definition) is 10. The van der Waals surface area contributed by atoms with Gasteiger partial charge < -0.3 is 60.2 Å². The maximum Gasteiger partial charge on any atom is 0.490 e. The Morgan fingerprint density at radius 1 is 0.747 bits per heavy atom. The number of phosphoric ester groups is 1. The number of amides is 4. The van der Waals surface area contributed by atoms with Gasteiger partial charge in [-0.15, -0.1) is 0 Å². The van der Waals surface area contributed by atoms with E-state index in [4.69, 9.17) is 24.0 Å². The Morgan fingerprint density at radius 3 is 1.98 bits per heavy atom. The highest BCUT2D eigenvalue weighted by Crippen LogP contribution is 2.66. The van der Waals surface area contributed by atoms with E-state index in [9.17, 15) is 57.4 Å². The van der Waals surface area contributed by atoms with Crippen LogP contribution in [-0.2, 0) is 67.5 Å². The van der Waals surface area contributed by atoms with Crippen molar-refractivity contribution >= 4 is 47.1 Å². The monoisotopic (exact) mass is 1220 g/mol. The van der Waals surface area contributed by atoms with Crippen LogP contribution in [0.4, 0.5) is 0 Å². The lowest BCUT2D eigenvalue weighted by atomic mass is 9.75. The summed E-state index contributed by atoms with van der Waals surface area (Å²) in [5, 5.41) is 21.5. The predicted octanol–water partition coefficient (Wildman–Crippen LogP) is 6.00. The summed E-state index contributed by atoms with van der Waals surface area (Å²) < 4.78 is 65.4. The summed E-state index contributed by atoms with van der Waals surface area (Å²) >= 11 is 0. The molecule has 0 spiro atoms. The molecule has 4 rings (SSSR count). The summed E-state index contributed by atoms with van der Waals surface area (Å²) in [4.78, 5) is 114. The third kappa shape index (κ3) is 24.8. The third-order valence-corrected chi connectivity index (χ3v) is 16.7. The number of carbonyl (C=O) groups is 4. The van der Waals surface area contributed by atoms with Crippen molar-refractivity contribution in [2.24, 2.45) is 0 Å². The van der Waals surface area contributed by atoms with Crippen LogP contribution in [-0.4, -0.2) is 110 Å². The number of ether oxygens (including phenoxy) is 3. The van der Waals surface area contributed by atoms with Gasteiger partial charge in [0.15, 0.2) is 0 Å². The maximum atomic E-state index is 12.9. The number of H-pyrrole nitrogens is 1. The molecule has 83 heavy (non-hydrogen) atoms. The molecule has 2 aromatic carbocycles. The Hall–Kier alpha value is -5.69. The molecule has 26 nitrogen and oxygen atoms in total. The summed E-state index contributed by atoms with van der Waals surface area (Å²) in [7, 11) is -15.4. The van der Waals surface area contributed by atoms with E-state index in [-0.39, 0.29) is 54.9 Å². The minimum atomic E-state index is -5.81. The second kappa shape index (κ2) is 34.9. The van der Waals surface area contributed by atoms with Gasteiger partial charge in [-0.05, 0) is 94.0 Å². The molecular weight excluding hydrogens is 1150 g/mol. The Bertz CT molecular complexity index is 2950. The molecule has 10 N–H and O–H groups in total. The molecule has 1 aliphatic carbocycles. The van der Waals surface area contributed by atoms with Gasteiger partial charge in [-0.3, -0.25) is 38.0 Å². The topological polar surface area (TPSA) is 379 Å². The van der Waals surface area contributed by atoms with Crippen molar-refractivity contribution in [1.82, 2.24) is 30.8 Å². The van der Waals surface area contributed by atoms with E-state index in [1.54, 1.807) is 7.11 Å². The van der Waals surface area contributed by atoms with E-state index >= 15 is 0 Å². The van der Waals surface area contributed by atoms with Crippen LogP contribution in [0, 0.1) is 0 Å². The number of aliphatic hydroxyl groups is 1. The number of unbranched alkanes of at least 4 members (excludes halogenated alkanes) is 6. The van der Waals surface area contributed by atoms with E-state index < -0.39 is 65.4 Å². The van der Waals surface area contributed by atoms with Crippen LogP contribution in [0.15, 0.2) is 106 Å². The van der Waals surface area contributed by atoms with Crippen molar-refractivity contribution in [2.45, 2.75) is 141 Å². The van der Waals surface area contributed by atoms with E-state index in [0.717, 1.165) is 77.3 Å². The number of benzene rings is 2. The normalized spacial score (nSPS) is 16.0. The van der Waals surface area contributed by atoms with Crippen LogP contribution in [0.2, 0.25) is 0 Å². The van der Waals surface area contributed by atoms with Gasteiger partial charge in [-0.2, -0.15) is 8.62 Å². The molecule has 0 saturated heterocycles. The highest BCUT2D eigenvalue weighted by Gasteiger charge is 2.42. The van der Waals surface area contributed by atoms with Crippen LogP contribution < -0.4 is 37.3 Å². The van der Waals surface area contributed by atoms with Crippen LogP contribution in [0.1, 0.15) is 134 Å². The van der Waals surface area contributed by atoms with E-state index in [2.05, 4.69) is 58.5 Å². The fourth-order valence-electron chi connectivity index (χ4n) is 8.59. The van der Waals surface area contributed by atoms with Gasteiger partial charge in [0.25, 0.3) is 5.56 Å². The molecule has 0 radical (unpaired) electrons. The number of carbonyl (C=O) groups excluding carboxylic acids is 4. The van der Waals surface area contributed by atoms with Crippen molar-refractivity contribution in [1.29, 1.82) is 0 Å². The van der Waals surface area contributed by atoms with Gasteiger partial charge in [0, 0.05) is 69.0 Å². The summed E-state index contributed by atoms with van der Waals surface area (Å²) in [5.41, 5.74) is 1.19. The molecule has 1 aliphatic rings. The molecule has 1 heterocycles. The Labute approximate surface area is 481 Å². The molecule has 29 heteroatoms. The van der Waals surface area contributed by atoms with Gasteiger partial charge in [-0.1, -0.05) is 93.3 Å². The van der Waals surface area contributed by atoms with Gasteiger partial charge in [0.05, 0.1) is 19.8 Å². The van der Waals surface area contributed by atoms with E-state index in [0.29, 0.717) is 58.3 Å². The molecule has 4 amide bonds. The molecule has 3 aromatic rings. The Kier molecular flexibility index (Phi) is 29.4. The third-order valence-electron chi connectivity index (χ3n) is 12.9. The summed E-state index contributed by atoms with van der Waals surface area (Å²) in [6.07, 6.45) is 11.9. The lowest BCUT2D eigenvalue weighted by Crippen LogP contribution is -2.38. The molecule has 0 saturated carbocycles. The summed E-state index contributed by atoms with van der Waals surface area (Å²) in [6, 6.07) is 18.0. The van der Waals surface area contributed by atoms with Gasteiger partial charge in [-0.25, -0.2) is 18.5 Å². The number of hydrogen-bond acceptors (Lipinski definition) is 16. The zero-order valence-electron chi connectivity index (χ0n) is 47.1. The van der Waals surface area contributed by atoms with Crippen molar-refractivity contribution in [3.63, 3.8) is 0 Å². The average Bonchev–Trinajstić information content (AvgIpc) is 3.56. The lowest BCUT2D eigenvalue weighted by Gasteiger charge is -2.39. The largest absolute Gasteiger partial charge is 0.497 e. The quantitative estimate of drug-likeness (QED) is 0.0231. The number of aliphatic hydroxyl groups excluding tert-OH is 1. The number of nitrogens with zero attached hydrogens (tertiary/aromatic N) is 1. The SMILES string of the molecule is CCCCNC(=O)C1=CC=C(C(OCCCCCCNC(=O)CCC(=O)NCCCCCC(=O)N/C=C/Cc2cn(C(C)O[C@H](COP(=O)(O)OP(=O)(O)OP(=O)(O)O)C(C)O)c(=O)[nH]c2=O)(c2ccccc2)c2ccc(OC)cc2)CC1. The molecule has 0 fully saturated rings. The Balaban J connectivity index is 1.11. The first-order valence-corrected chi connectivity index (χ1v) is 31.9. The van der Waals surface area contributed by atoms with Crippen molar-refractivity contribution in [3.8, 4) is 5.75 Å².